The number of rotatable bonds is 7. The molecule has 23 heavy (non-hydrogen) atoms. The van der Waals surface area contributed by atoms with E-state index in [9.17, 15) is 14.9 Å². The molecule has 1 N–H and O–H groups in total. The molecular weight excluding hydrogens is 316 g/mol. The third kappa shape index (κ3) is 5.30. The molecular formula is C16H16N2O4S. The maximum atomic E-state index is 11.9. The largest absolute Gasteiger partial charge is 0.494 e. The van der Waals surface area contributed by atoms with Gasteiger partial charge in [0.15, 0.2) is 0 Å². The normalized spacial score (nSPS) is 10.1. The molecule has 0 aromatic heterocycles. The number of hydrogen-bond acceptors (Lipinski definition) is 5. The molecule has 1 amide bonds. The molecule has 0 aliphatic heterocycles. The lowest BCUT2D eigenvalue weighted by molar-refractivity contribution is -0.384. The lowest BCUT2D eigenvalue weighted by Gasteiger charge is -2.07. The van der Waals surface area contributed by atoms with Crippen LogP contribution in [0.5, 0.6) is 5.75 Å². The molecule has 0 aliphatic carbocycles. The van der Waals surface area contributed by atoms with Gasteiger partial charge in [-0.2, -0.15) is 0 Å². The Morgan fingerprint density at radius 1 is 1.17 bits per heavy atom. The topological polar surface area (TPSA) is 81.5 Å². The molecule has 0 fully saturated rings. The summed E-state index contributed by atoms with van der Waals surface area (Å²) < 4.78 is 5.33. The Balaban J connectivity index is 1.83. The summed E-state index contributed by atoms with van der Waals surface area (Å²) in [6.45, 7) is 2.50. The SMILES string of the molecule is CCOc1ccc(NC(=O)CSc2ccc([N+](=O)[O-])cc2)cc1. The van der Waals surface area contributed by atoms with Gasteiger partial charge in [-0.15, -0.1) is 11.8 Å². The van der Waals surface area contributed by atoms with Crippen molar-refractivity contribution in [1.29, 1.82) is 0 Å². The molecule has 7 heteroatoms. The van der Waals surface area contributed by atoms with E-state index in [2.05, 4.69) is 5.32 Å². The zero-order valence-electron chi connectivity index (χ0n) is 12.5. The van der Waals surface area contributed by atoms with Gasteiger partial charge < -0.3 is 10.1 Å². The molecule has 0 radical (unpaired) electrons. The minimum absolute atomic E-state index is 0.0354. The number of amides is 1. The fourth-order valence-electron chi connectivity index (χ4n) is 1.81. The first-order valence-electron chi connectivity index (χ1n) is 6.98. The van der Waals surface area contributed by atoms with Crippen molar-refractivity contribution in [3.8, 4) is 5.75 Å². The number of ether oxygens (including phenoxy) is 1. The van der Waals surface area contributed by atoms with E-state index < -0.39 is 4.92 Å². The van der Waals surface area contributed by atoms with E-state index in [1.807, 2.05) is 6.92 Å². The van der Waals surface area contributed by atoms with Gasteiger partial charge in [-0.25, -0.2) is 0 Å². The molecule has 0 spiro atoms. The predicted molar refractivity (Wildman–Crippen MR) is 90.1 cm³/mol. The minimum Gasteiger partial charge on any atom is -0.494 e. The Morgan fingerprint density at radius 2 is 1.83 bits per heavy atom. The Bertz CT molecular complexity index is 671. The number of nitro benzene ring substituents is 1. The average Bonchev–Trinajstić information content (AvgIpc) is 2.55. The van der Waals surface area contributed by atoms with E-state index in [0.29, 0.717) is 12.3 Å². The number of carbonyl (C=O) groups excluding carboxylic acids is 1. The third-order valence-electron chi connectivity index (χ3n) is 2.87. The molecule has 120 valence electrons. The highest BCUT2D eigenvalue weighted by Crippen LogP contribution is 2.22. The van der Waals surface area contributed by atoms with E-state index in [-0.39, 0.29) is 17.3 Å². The van der Waals surface area contributed by atoms with E-state index in [1.54, 1.807) is 36.4 Å². The molecule has 0 unspecified atom stereocenters. The van der Waals surface area contributed by atoms with Crippen LogP contribution in [0.15, 0.2) is 53.4 Å². The second-order valence-electron chi connectivity index (χ2n) is 4.55. The highest BCUT2D eigenvalue weighted by atomic mass is 32.2. The van der Waals surface area contributed by atoms with Crippen LogP contribution in [0.2, 0.25) is 0 Å². The van der Waals surface area contributed by atoms with Crippen molar-refractivity contribution < 1.29 is 14.5 Å². The van der Waals surface area contributed by atoms with Crippen LogP contribution in [0.1, 0.15) is 6.92 Å². The highest BCUT2D eigenvalue weighted by molar-refractivity contribution is 8.00. The van der Waals surface area contributed by atoms with Crippen LogP contribution >= 0.6 is 11.8 Å². The van der Waals surface area contributed by atoms with Gasteiger partial charge in [0.2, 0.25) is 5.91 Å². The highest BCUT2D eigenvalue weighted by Gasteiger charge is 2.07. The van der Waals surface area contributed by atoms with Crippen molar-refractivity contribution in [3.05, 3.63) is 58.6 Å². The first-order valence-corrected chi connectivity index (χ1v) is 7.97. The van der Waals surface area contributed by atoms with Crippen LogP contribution < -0.4 is 10.1 Å². The van der Waals surface area contributed by atoms with Crippen LogP contribution in [0.25, 0.3) is 0 Å². The molecule has 2 aromatic carbocycles. The zero-order valence-corrected chi connectivity index (χ0v) is 13.3. The van der Waals surface area contributed by atoms with Crippen LogP contribution in [0.3, 0.4) is 0 Å². The standard InChI is InChI=1S/C16H16N2O4S/c1-2-22-14-7-3-12(4-8-14)17-16(19)11-23-15-9-5-13(6-10-15)18(20)21/h3-10H,2,11H2,1H3,(H,17,19). The fourth-order valence-corrected chi connectivity index (χ4v) is 2.51. The predicted octanol–water partition coefficient (Wildman–Crippen LogP) is 3.72. The number of carbonyl (C=O) groups is 1. The number of thioether (sulfide) groups is 1. The Labute approximate surface area is 138 Å². The zero-order chi connectivity index (χ0) is 16.7. The number of nitrogens with zero attached hydrogens (tertiary/aromatic N) is 1. The summed E-state index contributed by atoms with van der Waals surface area (Å²) in [5.41, 5.74) is 0.732. The summed E-state index contributed by atoms with van der Waals surface area (Å²) in [6, 6.07) is 13.3. The molecule has 0 atom stereocenters. The van der Waals surface area contributed by atoms with Gasteiger partial charge in [0.05, 0.1) is 17.3 Å². The summed E-state index contributed by atoms with van der Waals surface area (Å²) >= 11 is 1.32. The maximum Gasteiger partial charge on any atom is 0.269 e. The fraction of sp³-hybridized carbons (Fsp3) is 0.188. The van der Waals surface area contributed by atoms with Crippen molar-refractivity contribution in [2.24, 2.45) is 0 Å². The van der Waals surface area contributed by atoms with Gasteiger partial charge in [0, 0.05) is 22.7 Å². The van der Waals surface area contributed by atoms with E-state index in [1.165, 1.54) is 23.9 Å². The smallest absolute Gasteiger partial charge is 0.269 e. The summed E-state index contributed by atoms with van der Waals surface area (Å²) in [7, 11) is 0. The third-order valence-corrected chi connectivity index (χ3v) is 3.88. The van der Waals surface area contributed by atoms with Crippen LogP contribution in [-0.2, 0) is 4.79 Å². The number of hydrogen-bond donors (Lipinski definition) is 1. The van der Waals surface area contributed by atoms with Crippen molar-refractivity contribution in [2.75, 3.05) is 17.7 Å². The lowest BCUT2D eigenvalue weighted by atomic mass is 10.3. The molecule has 0 aliphatic rings. The second kappa shape index (κ2) is 8.19. The molecule has 0 saturated heterocycles. The van der Waals surface area contributed by atoms with Crippen LogP contribution in [-0.4, -0.2) is 23.2 Å². The average molecular weight is 332 g/mol. The molecule has 2 aromatic rings. The first kappa shape index (κ1) is 16.8. The molecule has 0 bridgehead atoms. The van der Waals surface area contributed by atoms with E-state index >= 15 is 0 Å². The van der Waals surface area contributed by atoms with Gasteiger partial charge in [0.1, 0.15) is 5.75 Å². The van der Waals surface area contributed by atoms with Crippen molar-refractivity contribution >= 4 is 29.0 Å². The van der Waals surface area contributed by atoms with Crippen molar-refractivity contribution in [2.45, 2.75) is 11.8 Å². The molecule has 0 heterocycles. The number of anilines is 1. The number of nitro groups is 1. The second-order valence-corrected chi connectivity index (χ2v) is 5.59. The number of benzene rings is 2. The Hall–Kier alpha value is -2.54. The summed E-state index contributed by atoms with van der Waals surface area (Å²) in [4.78, 5) is 22.8. The first-order chi connectivity index (χ1) is 11.1. The molecule has 0 saturated carbocycles. The minimum atomic E-state index is -0.451. The Kier molecular flexibility index (Phi) is 5.99. The van der Waals surface area contributed by atoms with Crippen LogP contribution in [0, 0.1) is 10.1 Å². The van der Waals surface area contributed by atoms with Crippen molar-refractivity contribution in [1.82, 2.24) is 0 Å². The monoisotopic (exact) mass is 332 g/mol. The van der Waals surface area contributed by atoms with Gasteiger partial charge in [0.25, 0.3) is 5.69 Å². The Morgan fingerprint density at radius 3 is 2.39 bits per heavy atom. The quantitative estimate of drug-likeness (QED) is 0.475. The maximum absolute atomic E-state index is 11.9. The number of non-ortho nitro benzene ring substituents is 1. The van der Waals surface area contributed by atoms with Crippen LogP contribution in [0.4, 0.5) is 11.4 Å². The molecule has 6 nitrogen and oxygen atoms in total. The van der Waals surface area contributed by atoms with Crippen molar-refractivity contribution in [3.63, 3.8) is 0 Å². The van der Waals surface area contributed by atoms with E-state index in [0.717, 1.165) is 10.6 Å². The van der Waals surface area contributed by atoms with Gasteiger partial charge in [-0.3, -0.25) is 14.9 Å². The summed E-state index contributed by atoms with van der Waals surface area (Å²) in [6.07, 6.45) is 0. The van der Waals surface area contributed by atoms with Gasteiger partial charge in [-0.1, -0.05) is 0 Å². The molecule has 2 rings (SSSR count). The lowest BCUT2D eigenvalue weighted by Crippen LogP contribution is -2.13. The van der Waals surface area contributed by atoms with Gasteiger partial charge >= 0.3 is 0 Å². The van der Waals surface area contributed by atoms with Gasteiger partial charge in [-0.05, 0) is 43.3 Å². The number of nitrogens with one attached hydrogen (secondary N) is 1. The summed E-state index contributed by atoms with van der Waals surface area (Å²) in [5, 5.41) is 13.4. The van der Waals surface area contributed by atoms with E-state index in [4.69, 9.17) is 4.74 Å². The summed E-state index contributed by atoms with van der Waals surface area (Å²) in [5.74, 6) is 0.841.